The summed E-state index contributed by atoms with van der Waals surface area (Å²) in [6.45, 7) is 3.15. The molecule has 1 saturated carbocycles. The first-order valence-corrected chi connectivity index (χ1v) is 7.19. The van der Waals surface area contributed by atoms with Gasteiger partial charge in [0.15, 0.2) is 0 Å². The number of aliphatic hydroxyl groups excluding tert-OH is 1. The standard InChI is InChI=1S/C15H25NO2/c1-12(8-9-14-6-4-10-18-14)16-11-13-5-2-3-7-15(13)17/h4,6,10,12-13,15-17H,2-3,5,7-9,11H2,1H3. The maximum Gasteiger partial charge on any atom is 0.103 e. The molecule has 2 rings (SSSR count). The van der Waals surface area contributed by atoms with Gasteiger partial charge in [-0.3, -0.25) is 0 Å². The summed E-state index contributed by atoms with van der Waals surface area (Å²) in [4.78, 5) is 0. The Morgan fingerprint density at radius 1 is 1.44 bits per heavy atom. The second-order valence-corrected chi connectivity index (χ2v) is 5.54. The van der Waals surface area contributed by atoms with Crippen molar-refractivity contribution < 1.29 is 9.52 Å². The number of aliphatic hydroxyl groups is 1. The number of nitrogens with one attached hydrogen (secondary N) is 1. The molecule has 0 amide bonds. The van der Waals surface area contributed by atoms with E-state index < -0.39 is 0 Å². The van der Waals surface area contributed by atoms with Crippen LogP contribution in [0.4, 0.5) is 0 Å². The molecule has 0 aromatic carbocycles. The van der Waals surface area contributed by atoms with Crippen molar-refractivity contribution in [3.8, 4) is 0 Å². The number of rotatable bonds is 6. The largest absolute Gasteiger partial charge is 0.469 e. The van der Waals surface area contributed by atoms with Gasteiger partial charge in [0.1, 0.15) is 5.76 Å². The molecule has 0 radical (unpaired) electrons. The number of hydrogen-bond acceptors (Lipinski definition) is 3. The summed E-state index contributed by atoms with van der Waals surface area (Å²) in [5, 5.41) is 13.5. The van der Waals surface area contributed by atoms with Crippen LogP contribution in [0.15, 0.2) is 22.8 Å². The monoisotopic (exact) mass is 251 g/mol. The van der Waals surface area contributed by atoms with Crippen molar-refractivity contribution >= 4 is 0 Å². The van der Waals surface area contributed by atoms with Gasteiger partial charge in [0, 0.05) is 19.0 Å². The predicted octanol–water partition coefficient (Wildman–Crippen LogP) is 2.74. The molecule has 1 aliphatic rings. The number of furan rings is 1. The molecule has 18 heavy (non-hydrogen) atoms. The molecule has 1 aromatic heterocycles. The molecule has 1 aromatic rings. The van der Waals surface area contributed by atoms with Crippen molar-refractivity contribution in [1.29, 1.82) is 0 Å². The van der Waals surface area contributed by atoms with Gasteiger partial charge in [-0.05, 0) is 44.2 Å². The lowest BCUT2D eigenvalue weighted by atomic mass is 9.86. The molecule has 3 unspecified atom stereocenters. The zero-order valence-electron chi connectivity index (χ0n) is 11.3. The summed E-state index contributed by atoms with van der Waals surface area (Å²) >= 11 is 0. The Balaban J connectivity index is 1.63. The van der Waals surface area contributed by atoms with E-state index in [0.29, 0.717) is 12.0 Å². The van der Waals surface area contributed by atoms with Crippen LogP contribution in [0.1, 0.15) is 44.8 Å². The van der Waals surface area contributed by atoms with Gasteiger partial charge in [-0.2, -0.15) is 0 Å². The minimum atomic E-state index is -0.0940. The quantitative estimate of drug-likeness (QED) is 0.817. The van der Waals surface area contributed by atoms with Crippen LogP contribution in [-0.4, -0.2) is 23.8 Å². The summed E-state index contributed by atoms with van der Waals surface area (Å²) in [5.74, 6) is 1.51. The van der Waals surface area contributed by atoms with Gasteiger partial charge in [0.25, 0.3) is 0 Å². The Hall–Kier alpha value is -0.800. The Bertz CT molecular complexity index is 323. The van der Waals surface area contributed by atoms with Crippen LogP contribution in [-0.2, 0) is 6.42 Å². The second kappa shape index (κ2) is 6.95. The minimum Gasteiger partial charge on any atom is -0.469 e. The summed E-state index contributed by atoms with van der Waals surface area (Å²) in [6, 6.07) is 4.44. The van der Waals surface area contributed by atoms with E-state index in [-0.39, 0.29) is 6.10 Å². The van der Waals surface area contributed by atoms with E-state index in [1.165, 1.54) is 19.3 Å². The SMILES string of the molecule is CC(CCc1ccco1)NCC1CCCCC1O. The van der Waals surface area contributed by atoms with Crippen molar-refractivity contribution in [2.24, 2.45) is 5.92 Å². The highest BCUT2D eigenvalue weighted by Crippen LogP contribution is 2.23. The van der Waals surface area contributed by atoms with E-state index in [2.05, 4.69) is 12.2 Å². The molecule has 0 spiro atoms. The van der Waals surface area contributed by atoms with E-state index in [1.807, 2.05) is 12.1 Å². The van der Waals surface area contributed by atoms with Gasteiger partial charge in [-0.15, -0.1) is 0 Å². The first-order valence-electron chi connectivity index (χ1n) is 7.19. The third-order valence-electron chi connectivity index (χ3n) is 4.00. The van der Waals surface area contributed by atoms with Crippen LogP contribution in [0.25, 0.3) is 0 Å². The fourth-order valence-electron chi connectivity index (χ4n) is 2.69. The van der Waals surface area contributed by atoms with Crippen molar-refractivity contribution in [3.63, 3.8) is 0 Å². The van der Waals surface area contributed by atoms with E-state index in [4.69, 9.17) is 4.42 Å². The third-order valence-corrected chi connectivity index (χ3v) is 4.00. The molecule has 1 aliphatic carbocycles. The maximum absolute atomic E-state index is 9.91. The summed E-state index contributed by atoms with van der Waals surface area (Å²) in [5.41, 5.74) is 0. The van der Waals surface area contributed by atoms with Gasteiger partial charge >= 0.3 is 0 Å². The number of aryl methyl sites for hydroxylation is 1. The zero-order chi connectivity index (χ0) is 12.8. The topological polar surface area (TPSA) is 45.4 Å². The van der Waals surface area contributed by atoms with Crippen LogP contribution >= 0.6 is 0 Å². The lowest BCUT2D eigenvalue weighted by Gasteiger charge is -2.29. The first-order chi connectivity index (χ1) is 8.75. The van der Waals surface area contributed by atoms with Crippen molar-refractivity contribution in [2.45, 2.75) is 57.6 Å². The second-order valence-electron chi connectivity index (χ2n) is 5.54. The molecule has 0 bridgehead atoms. The average molecular weight is 251 g/mol. The van der Waals surface area contributed by atoms with Crippen LogP contribution in [0, 0.1) is 5.92 Å². The van der Waals surface area contributed by atoms with E-state index in [0.717, 1.165) is 31.6 Å². The Kier molecular flexibility index (Phi) is 5.26. The van der Waals surface area contributed by atoms with Crippen molar-refractivity contribution in [1.82, 2.24) is 5.32 Å². The lowest BCUT2D eigenvalue weighted by Crippen LogP contribution is -2.37. The normalized spacial score (nSPS) is 26.1. The lowest BCUT2D eigenvalue weighted by molar-refractivity contribution is 0.0682. The molecule has 3 nitrogen and oxygen atoms in total. The molecule has 3 heteroatoms. The third kappa shape index (κ3) is 4.14. The Morgan fingerprint density at radius 3 is 3.00 bits per heavy atom. The fraction of sp³-hybridized carbons (Fsp3) is 0.733. The molecule has 1 fully saturated rings. The molecule has 0 saturated heterocycles. The summed E-state index contributed by atoms with van der Waals surface area (Å²) in [7, 11) is 0. The van der Waals surface area contributed by atoms with Gasteiger partial charge in [-0.1, -0.05) is 12.8 Å². The van der Waals surface area contributed by atoms with E-state index >= 15 is 0 Å². The summed E-state index contributed by atoms with van der Waals surface area (Å²) < 4.78 is 5.33. The molecule has 2 N–H and O–H groups in total. The maximum atomic E-state index is 9.91. The smallest absolute Gasteiger partial charge is 0.103 e. The van der Waals surface area contributed by atoms with Gasteiger partial charge in [-0.25, -0.2) is 0 Å². The molecule has 102 valence electrons. The van der Waals surface area contributed by atoms with Crippen LogP contribution in [0.5, 0.6) is 0 Å². The highest BCUT2D eigenvalue weighted by molar-refractivity contribution is 4.98. The molecule has 0 aliphatic heterocycles. The average Bonchev–Trinajstić information content (AvgIpc) is 2.88. The number of hydrogen-bond donors (Lipinski definition) is 2. The van der Waals surface area contributed by atoms with Crippen molar-refractivity contribution in [2.75, 3.05) is 6.54 Å². The highest BCUT2D eigenvalue weighted by atomic mass is 16.3. The van der Waals surface area contributed by atoms with Crippen LogP contribution in [0.2, 0.25) is 0 Å². The van der Waals surface area contributed by atoms with Crippen molar-refractivity contribution in [3.05, 3.63) is 24.2 Å². The van der Waals surface area contributed by atoms with Crippen LogP contribution < -0.4 is 5.32 Å². The molecular weight excluding hydrogens is 226 g/mol. The van der Waals surface area contributed by atoms with Gasteiger partial charge < -0.3 is 14.8 Å². The Morgan fingerprint density at radius 2 is 2.28 bits per heavy atom. The van der Waals surface area contributed by atoms with Gasteiger partial charge in [0.05, 0.1) is 12.4 Å². The fourth-order valence-corrected chi connectivity index (χ4v) is 2.69. The van der Waals surface area contributed by atoms with Crippen LogP contribution in [0.3, 0.4) is 0 Å². The van der Waals surface area contributed by atoms with Gasteiger partial charge in [0.2, 0.25) is 0 Å². The molecular formula is C15H25NO2. The van der Waals surface area contributed by atoms with E-state index in [9.17, 15) is 5.11 Å². The van der Waals surface area contributed by atoms with E-state index in [1.54, 1.807) is 6.26 Å². The summed E-state index contributed by atoms with van der Waals surface area (Å²) in [6.07, 6.45) is 8.29. The Labute approximate surface area is 110 Å². The predicted molar refractivity (Wildman–Crippen MR) is 72.5 cm³/mol. The molecule has 3 atom stereocenters. The first kappa shape index (κ1) is 13.6. The molecule has 1 heterocycles. The minimum absolute atomic E-state index is 0.0940. The zero-order valence-corrected chi connectivity index (χ0v) is 11.3. The highest BCUT2D eigenvalue weighted by Gasteiger charge is 2.22.